The molecule has 4 heteroatoms. The molecule has 1 aromatic carbocycles. The zero-order valence-electron chi connectivity index (χ0n) is 12.8. The van der Waals surface area contributed by atoms with Gasteiger partial charge < -0.3 is 9.64 Å². The number of halogens is 1. The van der Waals surface area contributed by atoms with Crippen LogP contribution in [-0.4, -0.2) is 31.5 Å². The summed E-state index contributed by atoms with van der Waals surface area (Å²) in [6.45, 7) is 4.74. The molecule has 0 aromatic heterocycles. The molecule has 0 spiro atoms. The summed E-state index contributed by atoms with van der Waals surface area (Å²) in [5, 5.41) is 8.16. The molecule has 21 heavy (non-hydrogen) atoms. The zero-order chi connectivity index (χ0) is 15.1. The van der Waals surface area contributed by atoms with E-state index in [4.69, 9.17) is 21.7 Å². The zero-order valence-corrected chi connectivity index (χ0v) is 13.5. The number of ether oxygens (including phenoxy) is 1. The lowest BCUT2D eigenvalue weighted by atomic mass is 9.93. The summed E-state index contributed by atoms with van der Waals surface area (Å²) >= 11 is 5.83. The lowest BCUT2D eigenvalue weighted by Gasteiger charge is -2.22. The Hall–Kier alpha value is -1.22. The number of hydrogen-bond acceptors (Lipinski definition) is 3. The van der Waals surface area contributed by atoms with Gasteiger partial charge in [0.2, 0.25) is 0 Å². The molecule has 2 rings (SSSR count). The van der Waals surface area contributed by atoms with Gasteiger partial charge in [-0.3, -0.25) is 5.41 Å². The average Bonchev–Trinajstić information content (AvgIpc) is 3.02. The summed E-state index contributed by atoms with van der Waals surface area (Å²) in [5.74, 6) is 1.01. The predicted molar refractivity (Wildman–Crippen MR) is 89.9 cm³/mol. The normalized spacial score (nSPS) is 16.0. The van der Waals surface area contributed by atoms with Crippen molar-refractivity contribution in [2.45, 2.75) is 38.5 Å². The summed E-state index contributed by atoms with van der Waals surface area (Å²) in [6.07, 6.45) is 4.31. The number of rotatable bonds is 7. The molecule has 0 saturated carbocycles. The van der Waals surface area contributed by atoms with Crippen molar-refractivity contribution in [3.63, 3.8) is 0 Å². The predicted octanol–water partition coefficient (Wildman–Crippen LogP) is 4.40. The number of anilines is 1. The van der Waals surface area contributed by atoms with Gasteiger partial charge in [-0.2, -0.15) is 0 Å². The van der Waals surface area contributed by atoms with E-state index in [2.05, 4.69) is 29.2 Å². The van der Waals surface area contributed by atoms with Crippen LogP contribution in [0.15, 0.2) is 24.3 Å². The molecular formula is C17H25ClN2O. The first kappa shape index (κ1) is 16.2. The molecule has 1 aliphatic heterocycles. The van der Waals surface area contributed by atoms with Gasteiger partial charge in [-0.05, 0) is 50.3 Å². The molecule has 0 radical (unpaired) electrons. The monoisotopic (exact) mass is 308 g/mol. The van der Waals surface area contributed by atoms with Gasteiger partial charge in [0.25, 0.3) is 0 Å². The third kappa shape index (κ3) is 4.37. The molecule has 3 nitrogen and oxygen atoms in total. The van der Waals surface area contributed by atoms with Gasteiger partial charge in [-0.1, -0.05) is 12.1 Å². The molecule has 1 saturated heterocycles. The van der Waals surface area contributed by atoms with Crippen LogP contribution >= 0.6 is 11.6 Å². The van der Waals surface area contributed by atoms with E-state index in [-0.39, 0.29) is 5.92 Å². The Kier molecular flexibility index (Phi) is 6.37. The van der Waals surface area contributed by atoms with E-state index in [9.17, 15) is 0 Å². The van der Waals surface area contributed by atoms with E-state index >= 15 is 0 Å². The maximum Gasteiger partial charge on any atom is 0.188 e. The summed E-state index contributed by atoms with van der Waals surface area (Å²) in [6, 6.07) is 8.58. The molecular weight excluding hydrogens is 284 g/mol. The van der Waals surface area contributed by atoms with E-state index in [0.29, 0.717) is 18.4 Å². The number of hydrogen-bond donors (Lipinski definition) is 1. The van der Waals surface area contributed by atoms with Crippen molar-refractivity contribution in [2.24, 2.45) is 0 Å². The standard InChI is InChI=1S/C17H25ClN2O/c1-2-21-17(19)16(9-6-10-18)14-7-5-8-15(13-14)20-11-3-4-12-20/h5,7-8,13,16,19H,2-4,6,9-12H2,1H3. The topological polar surface area (TPSA) is 36.3 Å². The van der Waals surface area contributed by atoms with Gasteiger partial charge in [0.15, 0.2) is 5.90 Å². The van der Waals surface area contributed by atoms with E-state index in [1.165, 1.54) is 24.1 Å². The van der Waals surface area contributed by atoms with E-state index in [0.717, 1.165) is 25.9 Å². The summed E-state index contributed by atoms with van der Waals surface area (Å²) in [4.78, 5) is 2.42. The molecule has 1 unspecified atom stereocenters. The first-order valence-electron chi connectivity index (χ1n) is 7.88. The van der Waals surface area contributed by atoms with E-state index in [1.54, 1.807) is 0 Å². The fourth-order valence-corrected chi connectivity index (χ4v) is 3.05. The molecule has 1 fully saturated rings. The van der Waals surface area contributed by atoms with Crippen LogP contribution in [0.3, 0.4) is 0 Å². The summed E-state index contributed by atoms with van der Waals surface area (Å²) in [7, 11) is 0. The fourth-order valence-electron chi connectivity index (χ4n) is 2.90. The van der Waals surface area contributed by atoms with Crippen molar-refractivity contribution < 1.29 is 4.74 Å². The highest BCUT2D eigenvalue weighted by atomic mass is 35.5. The lowest BCUT2D eigenvalue weighted by molar-refractivity contribution is 0.305. The van der Waals surface area contributed by atoms with Crippen LogP contribution in [-0.2, 0) is 4.74 Å². The van der Waals surface area contributed by atoms with E-state index in [1.807, 2.05) is 6.92 Å². The summed E-state index contributed by atoms with van der Waals surface area (Å²) in [5.41, 5.74) is 2.44. The van der Waals surface area contributed by atoms with Crippen LogP contribution in [0.2, 0.25) is 0 Å². The van der Waals surface area contributed by atoms with Crippen LogP contribution in [0.5, 0.6) is 0 Å². The second kappa shape index (κ2) is 8.28. The van der Waals surface area contributed by atoms with Gasteiger partial charge >= 0.3 is 0 Å². The highest BCUT2D eigenvalue weighted by Gasteiger charge is 2.20. The summed E-state index contributed by atoms with van der Waals surface area (Å²) < 4.78 is 5.45. The Morgan fingerprint density at radius 2 is 2.14 bits per heavy atom. The number of nitrogens with one attached hydrogen (secondary N) is 1. The Morgan fingerprint density at radius 3 is 2.81 bits per heavy atom. The molecule has 0 aliphatic carbocycles. The molecule has 1 atom stereocenters. The van der Waals surface area contributed by atoms with Crippen molar-refractivity contribution in [1.82, 2.24) is 0 Å². The van der Waals surface area contributed by atoms with Crippen LogP contribution in [0.1, 0.15) is 44.1 Å². The second-order valence-electron chi connectivity index (χ2n) is 5.47. The molecule has 116 valence electrons. The van der Waals surface area contributed by atoms with Crippen LogP contribution in [0.25, 0.3) is 0 Å². The molecule has 1 N–H and O–H groups in total. The highest BCUT2D eigenvalue weighted by Crippen LogP contribution is 2.28. The number of nitrogens with zero attached hydrogens (tertiary/aromatic N) is 1. The fraction of sp³-hybridized carbons (Fsp3) is 0.588. The molecule has 0 bridgehead atoms. The van der Waals surface area contributed by atoms with Gasteiger partial charge in [-0.15, -0.1) is 11.6 Å². The second-order valence-corrected chi connectivity index (χ2v) is 5.85. The molecule has 1 heterocycles. The van der Waals surface area contributed by atoms with Crippen molar-refractivity contribution in [1.29, 1.82) is 5.41 Å². The SMILES string of the molecule is CCOC(=N)C(CCCCl)c1cccc(N2CCCC2)c1. The third-order valence-electron chi connectivity index (χ3n) is 3.99. The molecule has 1 aromatic rings. The molecule has 0 amide bonds. The Labute approximate surface area is 132 Å². The minimum absolute atomic E-state index is 0.0197. The van der Waals surface area contributed by atoms with Gasteiger partial charge in [0, 0.05) is 24.7 Å². The van der Waals surface area contributed by atoms with Gasteiger partial charge in [0.05, 0.1) is 12.5 Å². The smallest absolute Gasteiger partial charge is 0.188 e. The van der Waals surface area contributed by atoms with Crippen molar-refractivity contribution in [3.8, 4) is 0 Å². The number of benzene rings is 1. The molecule has 1 aliphatic rings. The third-order valence-corrected chi connectivity index (χ3v) is 4.25. The maximum atomic E-state index is 8.16. The average molecular weight is 309 g/mol. The van der Waals surface area contributed by atoms with E-state index < -0.39 is 0 Å². The minimum Gasteiger partial charge on any atom is -0.481 e. The van der Waals surface area contributed by atoms with Crippen LogP contribution in [0, 0.1) is 5.41 Å². The lowest BCUT2D eigenvalue weighted by Crippen LogP contribution is -2.19. The van der Waals surface area contributed by atoms with Gasteiger partial charge in [-0.25, -0.2) is 0 Å². The Morgan fingerprint density at radius 1 is 1.38 bits per heavy atom. The minimum atomic E-state index is 0.0197. The van der Waals surface area contributed by atoms with Crippen molar-refractivity contribution in [3.05, 3.63) is 29.8 Å². The Balaban J connectivity index is 2.17. The van der Waals surface area contributed by atoms with Crippen LogP contribution < -0.4 is 4.90 Å². The van der Waals surface area contributed by atoms with Crippen LogP contribution in [0.4, 0.5) is 5.69 Å². The van der Waals surface area contributed by atoms with Crippen molar-refractivity contribution >= 4 is 23.2 Å². The Bertz CT molecular complexity index is 458. The quantitative estimate of drug-likeness (QED) is 0.460. The van der Waals surface area contributed by atoms with Crippen molar-refractivity contribution in [2.75, 3.05) is 30.5 Å². The highest BCUT2D eigenvalue weighted by molar-refractivity contribution is 6.17. The maximum absolute atomic E-state index is 8.16. The first-order valence-corrected chi connectivity index (χ1v) is 8.41. The number of alkyl halides is 1. The van der Waals surface area contributed by atoms with Gasteiger partial charge in [0.1, 0.15) is 0 Å². The first-order chi connectivity index (χ1) is 10.3. The largest absolute Gasteiger partial charge is 0.481 e.